The third kappa shape index (κ3) is 2.31. The number of hydrogen-bond acceptors (Lipinski definition) is 3. The second-order valence-electron chi connectivity index (χ2n) is 2.24. The maximum atomic E-state index is 10.2. The third-order valence-corrected chi connectivity index (χ3v) is 1.55. The predicted octanol–water partition coefficient (Wildman–Crippen LogP) is 0.813. The van der Waals surface area contributed by atoms with E-state index >= 15 is 0 Å². The van der Waals surface area contributed by atoms with Crippen molar-refractivity contribution in [3.05, 3.63) is 10.1 Å². The minimum atomic E-state index is -0.792. The van der Waals surface area contributed by atoms with Gasteiger partial charge in [0.05, 0.1) is 0 Å². The highest BCUT2D eigenvalue weighted by atomic mass is 16.6. The van der Waals surface area contributed by atoms with Crippen molar-refractivity contribution in [3.8, 4) is 0 Å². The van der Waals surface area contributed by atoms with E-state index in [2.05, 4.69) is 0 Å². The quantitative estimate of drug-likeness (QED) is 0.472. The normalized spacial score (nSPS) is 16.3. The molecule has 0 spiro atoms. The van der Waals surface area contributed by atoms with Crippen molar-refractivity contribution in [2.45, 2.75) is 38.8 Å². The zero-order chi connectivity index (χ0) is 8.15. The molecule has 0 bridgehead atoms. The minimum absolute atomic E-state index is 0.391. The summed E-state index contributed by atoms with van der Waals surface area (Å²) >= 11 is 0. The van der Waals surface area contributed by atoms with E-state index in [0.29, 0.717) is 12.8 Å². The molecule has 0 aliphatic carbocycles. The van der Waals surface area contributed by atoms with Crippen molar-refractivity contribution in [2.75, 3.05) is 0 Å². The van der Waals surface area contributed by atoms with Gasteiger partial charge >= 0.3 is 0 Å². The van der Waals surface area contributed by atoms with Crippen LogP contribution in [-0.4, -0.2) is 22.2 Å². The van der Waals surface area contributed by atoms with Gasteiger partial charge in [-0.2, -0.15) is 0 Å². The Morgan fingerprint density at radius 1 is 1.50 bits per heavy atom. The van der Waals surface area contributed by atoms with Crippen LogP contribution in [0.2, 0.25) is 0 Å². The highest BCUT2D eigenvalue weighted by molar-refractivity contribution is 4.63. The lowest BCUT2D eigenvalue weighted by Gasteiger charge is -2.11. The molecule has 4 heteroatoms. The van der Waals surface area contributed by atoms with Gasteiger partial charge in [-0.25, -0.2) is 0 Å². The van der Waals surface area contributed by atoms with E-state index in [1.54, 1.807) is 13.8 Å². The molecule has 0 rings (SSSR count). The van der Waals surface area contributed by atoms with Crippen LogP contribution in [0.15, 0.2) is 0 Å². The summed E-state index contributed by atoms with van der Waals surface area (Å²) in [7, 11) is 0. The molecule has 1 N–H and O–H groups in total. The van der Waals surface area contributed by atoms with Crippen LogP contribution in [0.4, 0.5) is 0 Å². The van der Waals surface area contributed by atoms with Gasteiger partial charge in [-0.3, -0.25) is 10.1 Å². The maximum absolute atomic E-state index is 10.2. The van der Waals surface area contributed by atoms with Gasteiger partial charge < -0.3 is 5.11 Å². The Hall–Kier alpha value is -0.640. The molecule has 0 saturated heterocycles. The molecule has 4 nitrogen and oxygen atoms in total. The van der Waals surface area contributed by atoms with E-state index in [0.717, 1.165) is 0 Å². The lowest BCUT2D eigenvalue weighted by atomic mass is 10.1. The van der Waals surface area contributed by atoms with Gasteiger partial charge in [-0.1, -0.05) is 13.8 Å². The molecule has 2 atom stereocenters. The van der Waals surface area contributed by atoms with E-state index in [9.17, 15) is 10.1 Å². The Kier molecular flexibility index (Phi) is 3.95. The Morgan fingerprint density at radius 3 is 2.10 bits per heavy atom. The zero-order valence-electron chi connectivity index (χ0n) is 6.28. The molecule has 0 aromatic rings. The Bertz CT molecular complexity index is 116. The Balaban J connectivity index is 3.92. The van der Waals surface area contributed by atoms with Crippen molar-refractivity contribution in [3.63, 3.8) is 0 Å². The Morgan fingerprint density at radius 2 is 2.00 bits per heavy atom. The van der Waals surface area contributed by atoms with Gasteiger partial charge in [0, 0.05) is 11.3 Å². The summed E-state index contributed by atoms with van der Waals surface area (Å²) in [5.41, 5.74) is 0. The van der Waals surface area contributed by atoms with Gasteiger partial charge in [0.15, 0.2) is 0 Å². The van der Waals surface area contributed by atoms with Crippen molar-refractivity contribution < 1.29 is 10.0 Å². The second kappa shape index (κ2) is 4.22. The average molecular weight is 147 g/mol. The molecule has 0 aliphatic heterocycles. The van der Waals surface area contributed by atoms with Gasteiger partial charge in [0.2, 0.25) is 6.04 Å². The smallest absolute Gasteiger partial charge is 0.238 e. The first-order valence-electron chi connectivity index (χ1n) is 3.45. The monoisotopic (exact) mass is 147 g/mol. The summed E-state index contributed by atoms with van der Waals surface area (Å²) in [4.78, 5) is 9.75. The second-order valence-corrected chi connectivity index (χ2v) is 2.24. The summed E-state index contributed by atoms with van der Waals surface area (Å²) in [6, 6.07) is -0.787. The SMILES string of the molecule is CCC(O)C(CC)[N+](=O)[O-]. The number of aliphatic hydroxyl groups is 1. The molecule has 0 heterocycles. The lowest BCUT2D eigenvalue weighted by Crippen LogP contribution is -2.32. The fraction of sp³-hybridized carbons (Fsp3) is 1.00. The highest BCUT2D eigenvalue weighted by Gasteiger charge is 2.25. The summed E-state index contributed by atoms with van der Waals surface area (Å²) in [5.74, 6) is 0. The molecule has 60 valence electrons. The largest absolute Gasteiger partial charge is 0.386 e. The van der Waals surface area contributed by atoms with E-state index in [-0.39, 0.29) is 0 Å². The van der Waals surface area contributed by atoms with E-state index in [1.165, 1.54) is 0 Å². The first-order valence-corrected chi connectivity index (χ1v) is 3.45. The third-order valence-electron chi connectivity index (χ3n) is 1.55. The van der Waals surface area contributed by atoms with Crippen LogP contribution >= 0.6 is 0 Å². The molecule has 0 aliphatic rings. The molecular weight excluding hydrogens is 134 g/mol. The summed E-state index contributed by atoms with van der Waals surface area (Å²) < 4.78 is 0. The van der Waals surface area contributed by atoms with Crippen LogP contribution in [0, 0.1) is 10.1 Å². The van der Waals surface area contributed by atoms with E-state index in [4.69, 9.17) is 5.11 Å². The number of nitro groups is 1. The average Bonchev–Trinajstić information content (AvgIpc) is 1.88. The minimum Gasteiger partial charge on any atom is -0.386 e. The number of aliphatic hydroxyl groups excluding tert-OH is 1. The molecule has 0 aromatic heterocycles. The molecular formula is C6H13NO3. The van der Waals surface area contributed by atoms with Crippen molar-refractivity contribution in [2.24, 2.45) is 0 Å². The topological polar surface area (TPSA) is 63.4 Å². The highest BCUT2D eigenvalue weighted by Crippen LogP contribution is 2.05. The number of hydrogen-bond donors (Lipinski definition) is 1. The molecule has 2 unspecified atom stereocenters. The lowest BCUT2D eigenvalue weighted by molar-refractivity contribution is -0.534. The fourth-order valence-electron chi connectivity index (χ4n) is 0.834. The molecule has 10 heavy (non-hydrogen) atoms. The molecule has 0 radical (unpaired) electrons. The first kappa shape index (κ1) is 9.36. The molecule has 0 fully saturated rings. The van der Waals surface area contributed by atoms with Crippen LogP contribution < -0.4 is 0 Å². The van der Waals surface area contributed by atoms with Crippen molar-refractivity contribution >= 4 is 0 Å². The molecule has 0 aromatic carbocycles. The van der Waals surface area contributed by atoms with Crippen molar-refractivity contribution in [1.82, 2.24) is 0 Å². The summed E-state index contributed by atoms with van der Waals surface area (Å²) in [6.07, 6.45) is 0.0431. The molecule has 0 saturated carbocycles. The number of nitrogens with zero attached hydrogens (tertiary/aromatic N) is 1. The van der Waals surface area contributed by atoms with E-state index < -0.39 is 17.1 Å². The van der Waals surface area contributed by atoms with Gasteiger partial charge in [0.1, 0.15) is 6.10 Å². The maximum Gasteiger partial charge on any atom is 0.238 e. The van der Waals surface area contributed by atoms with Gasteiger partial charge in [-0.05, 0) is 6.42 Å². The van der Waals surface area contributed by atoms with Crippen LogP contribution in [-0.2, 0) is 0 Å². The zero-order valence-corrected chi connectivity index (χ0v) is 6.28. The fourth-order valence-corrected chi connectivity index (χ4v) is 0.834. The molecule has 0 amide bonds. The summed E-state index contributed by atoms with van der Waals surface area (Å²) in [6.45, 7) is 3.43. The van der Waals surface area contributed by atoms with Gasteiger partial charge in [-0.15, -0.1) is 0 Å². The standard InChI is InChI=1S/C6H13NO3/c1-3-5(7(9)10)6(8)4-2/h5-6,8H,3-4H2,1-2H3. The van der Waals surface area contributed by atoms with Crippen LogP contribution in [0.25, 0.3) is 0 Å². The van der Waals surface area contributed by atoms with Crippen LogP contribution in [0.1, 0.15) is 26.7 Å². The van der Waals surface area contributed by atoms with E-state index in [1.807, 2.05) is 0 Å². The van der Waals surface area contributed by atoms with Crippen LogP contribution in [0.3, 0.4) is 0 Å². The predicted molar refractivity (Wildman–Crippen MR) is 37.4 cm³/mol. The first-order chi connectivity index (χ1) is 4.63. The van der Waals surface area contributed by atoms with Crippen LogP contribution in [0.5, 0.6) is 0 Å². The summed E-state index contributed by atoms with van der Waals surface area (Å²) in [5, 5.41) is 19.2. The van der Waals surface area contributed by atoms with Crippen molar-refractivity contribution in [1.29, 1.82) is 0 Å². The Labute approximate surface area is 60.0 Å². The van der Waals surface area contributed by atoms with Gasteiger partial charge in [0.25, 0.3) is 0 Å². The number of rotatable bonds is 4.